The number of nitrogens with zero attached hydrogens (tertiary/aromatic N) is 3. The summed E-state index contributed by atoms with van der Waals surface area (Å²) in [6, 6.07) is 5.11. The molecule has 5 heteroatoms. The van der Waals surface area contributed by atoms with Crippen LogP contribution in [-0.4, -0.2) is 14.3 Å². The molecule has 0 aliphatic rings. The van der Waals surface area contributed by atoms with Gasteiger partial charge in [0.1, 0.15) is 0 Å². The molecular weight excluding hydrogens is 250 g/mol. The Labute approximate surface area is 111 Å². The first kappa shape index (κ1) is 12.9. The van der Waals surface area contributed by atoms with E-state index in [0.29, 0.717) is 11.6 Å². The van der Waals surface area contributed by atoms with E-state index in [4.69, 9.17) is 11.6 Å². The molecule has 0 saturated carbocycles. The second-order valence-electron chi connectivity index (χ2n) is 4.04. The predicted octanol–water partition coefficient (Wildman–Crippen LogP) is 2.33. The zero-order chi connectivity index (χ0) is 13.1. The van der Waals surface area contributed by atoms with Crippen LogP contribution in [0, 0.1) is 0 Å². The first-order chi connectivity index (χ1) is 8.67. The van der Waals surface area contributed by atoms with Gasteiger partial charge in [0, 0.05) is 18.8 Å². The average molecular weight is 266 g/mol. The van der Waals surface area contributed by atoms with E-state index in [2.05, 4.69) is 5.10 Å². The van der Waals surface area contributed by atoms with E-state index in [1.165, 1.54) is 0 Å². The normalized spacial score (nSPS) is 10.8. The molecule has 0 aliphatic heterocycles. The van der Waals surface area contributed by atoms with Crippen LogP contribution in [0.1, 0.15) is 25.2 Å². The largest absolute Gasteiger partial charge is 0.309 e. The Hall–Kier alpha value is -1.55. The third kappa shape index (κ3) is 2.34. The minimum atomic E-state index is -0.0320. The summed E-state index contributed by atoms with van der Waals surface area (Å²) in [4.78, 5) is 11.7. The highest BCUT2D eigenvalue weighted by atomic mass is 35.5. The second kappa shape index (κ2) is 5.40. The molecule has 2 heterocycles. The molecule has 0 atom stereocenters. The Kier molecular flexibility index (Phi) is 3.87. The van der Waals surface area contributed by atoms with Gasteiger partial charge in [0.2, 0.25) is 0 Å². The lowest BCUT2D eigenvalue weighted by Crippen LogP contribution is -2.20. The molecule has 0 spiro atoms. The van der Waals surface area contributed by atoms with E-state index in [1.807, 2.05) is 24.6 Å². The molecule has 0 amide bonds. The van der Waals surface area contributed by atoms with E-state index >= 15 is 0 Å². The maximum absolute atomic E-state index is 11.7. The lowest BCUT2D eigenvalue weighted by atomic mass is 10.3. The number of halogens is 1. The second-order valence-corrected chi connectivity index (χ2v) is 4.42. The Morgan fingerprint density at radius 2 is 2.11 bits per heavy atom. The molecule has 0 bridgehead atoms. The highest BCUT2D eigenvalue weighted by Gasteiger charge is 2.14. The summed E-state index contributed by atoms with van der Waals surface area (Å²) < 4.78 is 3.50. The first-order valence-corrected chi connectivity index (χ1v) is 6.44. The van der Waals surface area contributed by atoms with E-state index < -0.39 is 0 Å². The molecule has 0 saturated heterocycles. The monoisotopic (exact) mass is 265 g/mol. The molecule has 4 nitrogen and oxygen atoms in total. The molecule has 0 aromatic carbocycles. The van der Waals surface area contributed by atoms with Crippen LogP contribution in [0.4, 0.5) is 0 Å². The van der Waals surface area contributed by atoms with Crippen LogP contribution >= 0.6 is 11.6 Å². The Morgan fingerprint density at radius 3 is 2.72 bits per heavy atom. The van der Waals surface area contributed by atoms with Gasteiger partial charge in [-0.2, -0.15) is 5.10 Å². The number of aryl methyl sites for hydroxylation is 2. The van der Waals surface area contributed by atoms with Crippen molar-refractivity contribution < 1.29 is 0 Å². The molecule has 0 aliphatic carbocycles. The number of aromatic nitrogens is 3. The first-order valence-electron chi connectivity index (χ1n) is 6.06. The van der Waals surface area contributed by atoms with Gasteiger partial charge in [-0.05, 0) is 19.4 Å². The van der Waals surface area contributed by atoms with Crippen LogP contribution in [0.15, 0.2) is 29.2 Å². The van der Waals surface area contributed by atoms with Crippen molar-refractivity contribution in [3.8, 4) is 0 Å². The quantitative estimate of drug-likeness (QED) is 0.851. The summed E-state index contributed by atoms with van der Waals surface area (Å²) in [7, 11) is 0. The van der Waals surface area contributed by atoms with Crippen molar-refractivity contribution in [3.63, 3.8) is 0 Å². The number of hydrogen-bond acceptors (Lipinski definition) is 2. The molecule has 0 fully saturated rings. The fraction of sp³-hybridized carbons (Fsp3) is 0.385. The predicted molar refractivity (Wildman–Crippen MR) is 72.1 cm³/mol. The van der Waals surface area contributed by atoms with Crippen molar-refractivity contribution in [2.45, 2.75) is 33.4 Å². The molecule has 2 aromatic heterocycles. The average Bonchev–Trinajstić information content (AvgIpc) is 2.69. The summed E-state index contributed by atoms with van der Waals surface area (Å²) in [6.07, 6.45) is 2.56. The molecule has 2 rings (SSSR count). The standard InChI is InChI=1S/C13H16ClN3O/c1-3-10-13(14)11(17(4-2)15-10)9-16-8-6-5-7-12(16)18/h5-8H,3-4,9H2,1-2H3. The highest BCUT2D eigenvalue weighted by molar-refractivity contribution is 6.31. The summed E-state index contributed by atoms with van der Waals surface area (Å²) in [5, 5.41) is 5.12. The fourth-order valence-electron chi connectivity index (χ4n) is 1.92. The molecule has 96 valence electrons. The molecule has 18 heavy (non-hydrogen) atoms. The van der Waals surface area contributed by atoms with E-state index in [1.54, 1.807) is 22.9 Å². The van der Waals surface area contributed by atoms with E-state index in [9.17, 15) is 4.79 Å². The van der Waals surface area contributed by atoms with Crippen LogP contribution < -0.4 is 5.56 Å². The van der Waals surface area contributed by atoms with Crippen molar-refractivity contribution in [2.75, 3.05) is 0 Å². The number of hydrogen-bond donors (Lipinski definition) is 0. The third-order valence-electron chi connectivity index (χ3n) is 2.91. The molecule has 2 aromatic rings. The van der Waals surface area contributed by atoms with Gasteiger partial charge < -0.3 is 4.57 Å². The Bertz CT molecular complexity index is 601. The molecular formula is C13H16ClN3O. The SMILES string of the molecule is CCc1nn(CC)c(Cn2ccccc2=O)c1Cl. The Balaban J connectivity index is 2.43. The zero-order valence-electron chi connectivity index (χ0n) is 10.6. The number of rotatable bonds is 4. The van der Waals surface area contributed by atoms with Gasteiger partial charge in [-0.15, -0.1) is 0 Å². The van der Waals surface area contributed by atoms with Gasteiger partial charge >= 0.3 is 0 Å². The lowest BCUT2D eigenvalue weighted by Gasteiger charge is -2.07. The van der Waals surface area contributed by atoms with Crippen LogP contribution in [0.2, 0.25) is 5.02 Å². The van der Waals surface area contributed by atoms with Crippen molar-refractivity contribution >= 4 is 11.6 Å². The zero-order valence-corrected chi connectivity index (χ0v) is 11.3. The fourth-order valence-corrected chi connectivity index (χ4v) is 2.25. The summed E-state index contributed by atoms with van der Waals surface area (Å²) >= 11 is 6.31. The summed E-state index contributed by atoms with van der Waals surface area (Å²) in [6.45, 7) is 5.24. The van der Waals surface area contributed by atoms with Crippen LogP contribution in [-0.2, 0) is 19.5 Å². The minimum Gasteiger partial charge on any atom is -0.309 e. The maximum atomic E-state index is 11.7. The van der Waals surface area contributed by atoms with Crippen LogP contribution in [0.25, 0.3) is 0 Å². The van der Waals surface area contributed by atoms with Crippen LogP contribution in [0.3, 0.4) is 0 Å². The van der Waals surface area contributed by atoms with Crippen LogP contribution in [0.5, 0.6) is 0 Å². The molecule has 0 N–H and O–H groups in total. The van der Waals surface area contributed by atoms with Gasteiger partial charge in [0.15, 0.2) is 0 Å². The third-order valence-corrected chi connectivity index (χ3v) is 3.35. The van der Waals surface area contributed by atoms with Gasteiger partial charge in [0.25, 0.3) is 5.56 Å². The van der Waals surface area contributed by atoms with Crippen molar-refractivity contribution in [1.82, 2.24) is 14.3 Å². The summed E-state index contributed by atoms with van der Waals surface area (Å²) in [5.41, 5.74) is 1.75. The highest BCUT2D eigenvalue weighted by Crippen LogP contribution is 2.22. The van der Waals surface area contributed by atoms with E-state index in [0.717, 1.165) is 24.4 Å². The minimum absolute atomic E-state index is 0.0320. The van der Waals surface area contributed by atoms with Crippen molar-refractivity contribution in [2.24, 2.45) is 0 Å². The molecule has 0 unspecified atom stereocenters. The molecule has 0 radical (unpaired) electrons. The van der Waals surface area contributed by atoms with Gasteiger partial charge in [-0.3, -0.25) is 9.48 Å². The Morgan fingerprint density at radius 1 is 1.33 bits per heavy atom. The smallest absolute Gasteiger partial charge is 0.250 e. The van der Waals surface area contributed by atoms with Crippen molar-refractivity contribution in [1.29, 1.82) is 0 Å². The summed E-state index contributed by atoms with van der Waals surface area (Å²) in [5.74, 6) is 0. The number of pyridine rings is 1. The van der Waals surface area contributed by atoms with Gasteiger partial charge in [-0.25, -0.2) is 0 Å². The van der Waals surface area contributed by atoms with Crippen molar-refractivity contribution in [3.05, 3.63) is 51.2 Å². The topological polar surface area (TPSA) is 39.8 Å². The lowest BCUT2D eigenvalue weighted by molar-refractivity contribution is 0.589. The maximum Gasteiger partial charge on any atom is 0.250 e. The van der Waals surface area contributed by atoms with Gasteiger partial charge in [0.05, 0.1) is 23.0 Å². The van der Waals surface area contributed by atoms with E-state index in [-0.39, 0.29) is 5.56 Å². The van der Waals surface area contributed by atoms with Gasteiger partial charge in [-0.1, -0.05) is 24.6 Å².